The van der Waals surface area contributed by atoms with Crippen LogP contribution in [0, 0.1) is 0 Å². The first-order chi connectivity index (χ1) is 7.69. The first-order valence-electron chi connectivity index (χ1n) is 4.74. The Labute approximate surface area is 107 Å². The predicted octanol–water partition coefficient (Wildman–Crippen LogP) is 3.78. The molecule has 0 bridgehead atoms. The molecule has 0 aliphatic carbocycles. The molecule has 82 valence electrons. The second kappa shape index (κ2) is 4.85. The Balaban J connectivity index is 2.37. The highest BCUT2D eigenvalue weighted by Gasteiger charge is 2.01. The van der Waals surface area contributed by atoms with Crippen molar-refractivity contribution in [2.24, 2.45) is 0 Å². The predicted molar refractivity (Wildman–Crippen MR) is 71.0 cm³/mol. The smallest absolute Gasteiger partial charge is 0.239 e. The van der Waals surface area contributed by atoms with Crippen molar-refractivity contribution in [2.75, 3.05) is 11.2 Å². The summed E-state index contributed by atoms with van der Waals surface area (Å²) in [5, 5.41) is 4.92. The van der Waals surface area contributed by atoms with Crippen molar-refractivity contribution in [1.29, 1.82) is 0 Å². The molecule has 2 nitrogen and oxygen atoms in total. The lowest BCUT2D eigenvalue weighted by molar-refractivity contribution is -0.113. The number of benzene rings is 2. The molecule has 0 saturated heterocycles. The van der Waals surface area contributed by atoms with Crippen molar-refractivity contribution >= 4 is 49.9 Å². The van der Waals surface area contributed by atoms with Crippen LogP contribution in [0.3, 0.4) is 0 Å². The number of alkyl halides is 1. The van der Waals surface area contributed by atoms with E-state index >= 15 is 0 Å². The number of hydrogen-bond acceptors (Lipinski definition) is 1. The minimum absolute atomic E-state index is 0.0294. The number of fused-ring (bicyclic) bond motifs is 1. The van der Waals surface area contributed by atoms with Crippen molar-refractivity contribution in [2.45, 2.75) is 0 Å². The van der Waals surface area contributed by atoms with Crippen LogP contribution in [0.25, 0.3) is 10.8 Å². The molecule has 0 unspecified atom stereocenters. The van der Waals surface area contributed by atoms with Gasteiger partial charge in [0.05, 0.1) is 0 Å². The maximum Gasteiger partial charge on any atom is 0.239 e. The molecule has 0 spiro atoms. The number of halogens is 2. The summed E-state index contributed by atoms with van der Waals surface area (Å²) >= 11 is 8.84. The van der Waals surface area contributed by atoms with Crippen LogP contribution in [0.4, 0.5) is 5.69 Å². The van der Waals surface area contributed by atoms with Gasteiger partial charge < -0.3 is 5.32 Å². The molecule has 1 amide bonds. The highest BCUT2D eigenvalue weighted by Crippen LogP contribution is 2.22. The first kappa shape index (κ1) is 11.4. The van der Waals surface area contributed by atoms with E-state index < -0.39 is 0 Å². The molecule has 0 saturated carbocycles. The third-order valence-corrected chi connectivity index (χ3v) is 2.94. The summed E-state index contributed by atoms with van der Waals surface area (Å²) in [7, 11) is 0. The third-order valence-electron chi connectivity index (χ3n) is 2.21. The molecule has 0 atom stereocenters. The fraction of sp³-hybridized carbons (Fsp3) is 0.0833. The Hall–Kier alpha value is -1.06. The van der Waals surface area contributed by atoms with Crippen LogP contribution in [0.15, 0.2) is 40.9 Å². The first-order valence-corrected chi connectivity index (χ1v) is 6.07. The Morgan fingerprint density at radius 3 is 2.62 bits per heavy atom. The Kier molecular flexibility index (Phi) is 3.46. The molecule has 2 aromatic rings. The molecule has 2 aromatic carbocycles. The van der Waals surface area contributed by atoms with Gasteiger partial charge in [-0.15, -0.1) is 11.6 Å². The summed E-state index contributed by atoms with van der Waals surface area (Å²) in [5.41, 5.74) is 0.764. The van der Waals surface area contributed by atoms with E-state index in [4.69, 9.17) is 11.6 Å². The number of amides is 1. The largest absolute Gasteiger partial charge is 0.325 e. The second-order valence-electron chi connectivity index (χ2n) is 3.39. The van der Waals surface area contributed by atoms with Crippen LogP contribution in [-0.4, -0.2) is 11.8 Å². The molecule has 1 N–H and O–H groups in total. The molecule has 2 rings (SSSR count). The summed E-state index contributed by atoms with van der Waals surface area (Å²) in [6.45, 7) is 0. The third kappa shape index (κ3) is 2.54. The SMILES string of the molecule is O=C(CCl)Nc1ccc2cc(Br)ccc2c1. The molecular formula is C12H9BrClNO. The van der Waals surface area contributed by atoms with Crippen LogP contribution >= 0.6 is 27.5 Å². The van der Waals surface area contributed by atoms with Gasteiger partial charge >= 0.3 is 0 Å². The molecular weight excluding hydrogens is 289 g/mol. The number of nitrogens with one attached hydrogen (secondary N) is 1. The molecule has 0 radical (unpaired) electrons. The normalized spacial score (nSPS) is 10.4. The Bertz CT molecular complexity index is 542. The fourth-order valence-corrected chi connectivity index (χ4v) is 1.93. The van der Waals surface area contributed by atoms with Gasteiger partial charge in [0, 0.05) is 10.2 Å². The lowest BCUT2D eigenvalue weighted by atomic mass is 10.1. The molecule has 0 heterocycles. The monoisotopic (exact) mass is 297 g/mol. The topological polar surface area (TPSA) is 29.1 Å². The highest BCUT2D eigenvalue weighted by molar-refractivity contribution is 9.10. The summed E-state index contributed by atoms with van der Waals surface area (Å²) in [4.78, 5) is 11.1. The lowest BCUT2D eigenvalue weighted by Crippen LogP contribution is -2.12. The Morgan fingerprint density at radius 1 is 1.19 bits per heavy atom. The molecule has 0 aliphatic heterocycles. The molecule has 4 heteroatoms. The number of hydrogen-bond donors (Lipinski definition) is 1. The van der Waals surface area contributed by atoms with Crippen molar-refractivity contribution < 1.29 is 4.79 Å². The van der Waals surface area contributed by atoms with Crippen molar-refractivity contribution in [3.05, 3.63) is 40.9 Å². The summed E-state index contributed by atoms with van der Waals surface area (Å²) in [6, 6.07) is 11.7. The van der Waals surface area contributed by atoms with E-state index in [1.807, 2.05) is 36.4 Å². The summed E-state index contributed by atoms with van der Waals surface area (Å²) < 4.78 is 1.04. The van der Waals surface area contributed by atoms with Gasteiger partial charge in [-0.1, -0.05) is 28.1 Å². The quantitative estimate of drug-likeness (QED) is 0.840. The van der Waals surface area contributed by atoms with E-state index in [0.29, 0.717) is 0 Å². The van der Waals surface area contributed by atoms with E-state index in [2.05, 4.69) is 21.2 Å². The number of rotatable bonds is 2. The van der Waals surface area contributed by atoms with E-state index in [0.717, 1.165) is 20.9 Å². The number of anilines is 1. The maximum atomic E-state index is 11.1. The zero-order valence-electron chi connectivity index (χ0n) is 8.34. The van der Waals surface area contributed by atoms with E-state index in [1.54, 1.807) is 0 Å². The minimum Gasteiger partial charge on any atom is -0.325 e. The zero-order chi connectivity index (χ0) is 11.5. The van der Waals surface area contributed by atoms with Crippen LogP contribution in [0.1, 0.15) is 0 Å². The number of carbonyl (C=O) groups is 1. The molecule has 0 fully saturated rings. The summed E-state index contributed by atoms with van der Waals surface area (Å²) in [6.07, 6.45) is 0. The number of carbonyl (C=O) groups excluding carboxylic acids is 1. The van der Waals surface area contributed by atoms with Gasteiger partial charge in [-0.3, -0.25) is 4.79 Å². The van der Waals surface area contributed by atoms with Gasteiger partial charge in [-0.25, -0.2) is 0 Å². The van der Waals surface area contributed by atoms with Gasteiger partial charge in [-0.05, 0) is 35.0 Å². The van der Waals surface area contributed by atoms with Crippen LogP contribution < -0.4 is 5.32 Å². The van der Waals surface area contributed by atoms with E-state index in [-0.39, 0.29) is 11.8 Å². The van der Waals surface area contributed by atoms with Crippen molar-refractivity contribution in [3.8, 4) is 0 Å². The van der Waals surface area contributed by atoms with E-state index in [1.165, 1.54) is 0 Å². The summed E-state index contributed by atoms with van der Waals surface area (Å²) in [5.74, 6) is -0.226. The van der Waals surface area contributed by atoms with Crippen LogP contribution in [-0.2, 0) is 4.79 Å². The highest BCUT2D eigenvalue weighted by atomic mass is 79.9. The minimum atomic E-state index is -0.196. The van der Waals surface area contributed by atoms with Crippen LogP contribution in [0.5, 0.6) is 0 Å². The average Bonchev–Trinajstić information content (AvgIpc) is 2.29. The van der Waals surface area contributed by atoms with Gasteiger partial charge in [0.25, 0.3) is 0 Å². The van der Waals surface area contributed by atoms with Crippen molar-refractivity contribution in [3.63, 3.8) is 0 Å². The average molecular weight is 299 g/mol. The zero-order valence-corrected chi connectivity index (χ0v) is 10.7. The Morgan fingerprint density at radius 2 is 1.88 bits per heavy atom. The molecule has 0 aliphatic rings. The standard InChI is InChI=1S/C12H9BrClNO/c13-10-3-1-9-6-11(15-12(16)7-14)4-2-8(9)5-10/h1-6H,7H2,(H,15,16). The van der Waals surface area contributed by atoms with E-state index in [9.17, 15) is 4.79 Å². The van der Waals surface area contributed by atoms with Gasteiger partial charge in [-0.2, -0.15) is 0 Å². The fourth-order valence-electron chi connectivity index (χ4n) is 1.49. The molecule has 0 aromatic heterocycles. The lowest BCUT2D eigenvalue weighted by Gasteiger charge is -2.05. The van der Waals surface area contributed by atoms with Gasteiger partial charge in [0.1, 0.15) is 5.88 Å². The van der Waals surface area contributed by atoms with Gasteiger partial charge in [0.15, 0.2) is 0 Å². The second-order valence-corrected chi connectivity index (χ2v) is 4.57. The molecule has 16 heavy (non-hydrogen) atoms. The maximum absolute atomic E-state index is 11.1. The van der Waals surface area contributed by atoms with Crippen molar-refractivity contribution in [1.82, 2.24) is 0 Å². The van der Waals surface area contributed by atoms with Gasteiger partial charge in [0.2, 0.25) is 5.91 Å². The van der Waals surface area contributed by atoms with Crippen LogP contribution in [0.2, 0.25) is 0 Å².